The molecule has 26 heavy (non-hydrogen) atoms. The van der Waals surface area contributed by atoms with Crippen LogP contribution in [0.15, 0.2) is 35.5 Å². The minimum Gasteiger partial charge on any atom is -0.365 e. The molecule has 1 unspecified atom stereocenters. The van der Waals surface area contributed by atoms with Crippen molar-refractivity contribution in [3.05, 3.63) is 47.4 Å². The molecule has 0 aliphatic carbocycles. The van der Waals surface area contributed by atoms with Crippen LogP contribution in [0.25, 0.3) is 0 Å². The molecule has 0 amide bonds. The van der Waals surface area contributed by atoms with E-state index in [2.05, 4.69) is 43.7 Å². The Hall–Kier alpha value is -1.83. The molecule has 0 aromatic heterocycles. The van der Waals surface area contributed by atoms with Gasteiger partial charge in [-0.15, -0.1) is 0 Å². The fourth-order valence-corrected chi connectivity index (χ4v) is 1.59. The van der Waals surface area contributed by atoms with Gasteiger partial charge in [-0.05, 0) is 30.5 Å². The third-order valence-corrected chi connectivity index (χ3v) is 2.48. The standard InChI is InChI=1S/C12H9F4N3.C4H10S.C2H6/c13-9-5-7(4-8(6-9)12(14,15)16)10(17)11-18-2-1-3-19-11;1-4(2,3)5;1-2/h1-6,11,17-18H;5H,1-3H3;1-2H3. The largest absolute Gasteiger partial charge is 0.416 e. The van der Waals surface area contributed by atoms with Gasteiger partial charge in [0.2, 0.25) is 0 Å². The van der Waals surface area contributed by atoms with E-state index in [0.717, 1.165) is 12.1 Å². The predicted molar refractivity (Wildman–Crippen MR) is 103 cm³/mol. The summed E-state index contributed by atoms with van der Waals surface area (Å²) >= 11 is 4.12. The van der Waals surface area contributed by atoms with E-state index in [1.807, 2.05) is 13.8 Å². The van der Waals surface area contributed by atoms with Crippen LogP contribution >= 0.6 is 12.6 Å². The molecule has 1 aromatic carbocycles. The zero-order valence-electron chi connectivity index (χ0n) is 15.4. The van der Waals surface area contributed by atoms with E-state index < -0.39 is 23.7 Å². The number of aliphatic imine (C=N–C) groups is 1. The van der Waals surface area contributed by atoms with Gasteiger partial charge in [-0.25, -0.2) is 4.39 Å². The number of nitrogens with one attached hydrogen (secondary N) is 2. The van der Waals surface area contributed by atoms with Gasteiger partial charge in [0.1, 0.15) is 5.82 Å². The minimum atomic E-state index is -4.65. The maximum atomic E-state index is 13.2. The molecular weight excluding hydrogens is 366 g/mol. The first kappa shape index (κ1) is 24.2. The molecule has 1 atom stereocenters. The van der Waals surface area contributed by atoms with Crippen molar-refractivity contribution >= 4 is 24.6 Å². The van der Waals surface area contributed by atoms with Gasteiger partial charge in [-0.2, -0.15) is 25.8 Å². The van der Waals surface area contributed by atoms with Crippen LogP contribution in [0.5, 0.6) is 0 Å². The first-order valence-corrected chi connectivity index (χ1v) is 8.46. The van der Waals surface area contributed by atoms with Crippen LogP contribution in [0.4, 0.5) is 17.6 Å². The minimum absolute atomic E-state index is 0.155. The fraction of sp³-hybridized carbons (Fsp3) is 0.444. The molecule has 1 aromatic rings. The number of hydrogen-bond acceptors (Lipinski definition) is 4. The van der Waals surface area contributed by atoms with Crippen LogP contribution in [0.2, 0.25) is 0 Å². The van der Waals surface area contributed by atoms with E-state index in [-0.39, 0.29) is 16.0 Å². The van der Waals surface area contributed by atoms with Crippen LogP contribution in [0.1, 0.15) is 45.7 Å². The van der Waals surface area contributed by atoms with Gasteiger partial charge in [-0.3, -0.25) is 4.99 Å². The molecule has 0 saturated carbocycles. The Morgan fingerprint density at radius 1 is 1.15 bits per heavy atom. The lowest BCUT2D eigenvalue weighted by Gasteiger charge is -2.17. The highest BCUT2D eigenvalue weighted by molar-refractivity contribution is 7.81. The number of alkyl halides is 3. The van der Waals surface area contributed by atoms with E-state index >= 15 is 0 Å². The highest BCUT2D eigenvalue weighted by Gasteiger charge is 2.32. The Balaban J connectivity index is 0.000000772. The third-order valence-electron chi connectivity index (χ3n) is 2.48. The normalized spacial score (nSPS) is 15.8. The molecule has 0 saturated heterocycles. The van der Waals surface area contributed by atoms with E-state index in [0.29, 0.717) is 6.07 Å². The first-order valence-electron chi connectivity index (χ1n) is 8.01. The number of halogens is 4. The van der Waals surface area contributed by atoms with Crippen molar-refractivity contribution in [3.8, 4) is 0 Å². The molecule has 2 rings (SSSR count). The van der Waals surface area contributed by atoms with E-state index in [4.69, 9.17) is 5.41 Å². The Morgan fingerprint density at radius 2 is 1.69 bits per heavy atom. The third kappa shape index (κ3) is 9.60. The van der Waals surface area contributed by atoms with Crippen LogP contribution in [0.3, 0.4) is 0 Å². The molecule has 3 nitrogen and oxygen atoms in total. The Bertz CT molecular complexity index is 641. The first-order chi connectivity index (χ1) is 11.9. The maximum Gasteiger partial charge on any atom is 0.416 e. The van der Waals surface area contributed by atoms with Gasteiger partial charge >= 0.3 is 6.18 Å². The summed E-state index contributed by atoms with van der Waals surface area (Å²) in [5.41, 5.74) is -1.51. The SMILES string of the molecule is CC.CC(C)(C)S.N=C(c1cc(F)cc(C(F)(F)F)c1)C1N=CC=CN1. The Kier molecular flexibility index (Phi) is 9.62. The molecule has 146 valence electrons. The second-order valence-electron chi connectivity index (χ2n) is 6.04. The Morgan fingerprint density at radius 3 is 2.12 bits per heavy atom. The second kappa shape index (κ2) is 10.4. The lowest BCUT2D eigenvalue weighted by atomic mass is 10.0. The average molecular weight is 391 g/mol. The zero-order chi connectivity index (χ0) is 20.5. The number of thiol groups is 1. The van der Waals surface area contributed by atoms with Gasteiger partial charge < -0.3 is 10.7 Å². The summed E-state index contributed by atoms with van der Waals surface area (Å²) in [4.78, 5) is 3.88. The van der Waals surface area contributed by atoms with Gasteiger partial charge in [0, 0.05) is 16.5 Å². The summed E-state index contributed by atoms with van der Waals surface area (Å²) in [6.07, 6.45) is -0.958. The van der Waals surface area contributed by atoms with Gasteiger partial charge in [0.25, 0.3) is 0 Å². The summed E-state index contributed by atoms with van der Waals surface area (Å²) in [5.74, 6) is -1.04. The number of nitrogens with zero attached hydrogens (tertiary/aromatic N) is 1. The lowest BCUT2D eigenvalue weighted by molar-refractivity contribution is -0.137. The molecule has 0 fully saturated rings. The highest BCUT2D eigenvalue weighted by atomic mass is 32.1. The fourth-order valence-electron chi connectivity index (χ4n) is 1.59. The maximum absolute atomic E-state index is 13.2. The predicted octanol–water partition coefficient (Wildman–Crippen LogP) is 5.47. The summed E-state index contributed by atoms with van der Waals surface area (Å²) in [5, 5.41) is 10.5. The summed E-state index contributed by atoms with van der Waals surface area (Å²) in [6.45, 7) is 10.2. The van der Waals surface area contributed by atoms with E-state index in [1.165, 1.54) is 12.4 Å². The summed E-state index contributed by atoms with van der Waals surface area (Å²) in [7, 11) is 0. The molecule has 1 heterocycles. The highest BCUT2D eigenvalue weighted by Crippen LogP contribution is 2.30. The summed E-state index contributed by atoms with van der Waals surface area (Å²) in [6, 6.07) is 2.02. The van der Waals surface area contributed by atoms with Crippen molar-refractivity contribution < 1.29 is 17.6 Å². The number of benzene rings is 1. The van der Waals surface area contributed by atoms with Crippen molar-refractivity contribution in [3.63, 3.8) is 0 Å². The van der Waals surface area contributed by atoms with E-state index in [9.17, 15) is 17.6 Å². The van der Waals surface area contributed by atoms with Crippen LogP contribution in [0, 0.1) is 11.2 Å². The van der Waals surface area contributed by atoms with Gasteiger partial charge in [-0.1, -0.05) is 34.6 Å². The molecule has 1 aliphatic rings. The Labute approximate surface area is 157 Å². The molecule has 8 heteroatoms. The van der Waals surface area contributed by atoms with E-state index in [1.54, 1.807) is 6.08 Å². The van der Waals surface area contributed by atoms with Crippen molar-refractivity contribution in [2.45, 2.75) is 51.7 Å². The van der Waals surface area contributed by atoms with Crippen LogP contribution < -0.4 is 5.32 Å². The monoisotopic (exact) mass is 391 g/mol. The molecule has 0 spiro atoms. The molecule has 2 N–H and O–H groups in total. The zero-order valence-corrected chi connectivity index (χ0v) is 16.3. The lowest BCUT2D eigenvalue weighted by Crippen LogP contribution is -2.33. The quantitative estimate of drug-likeness (QED) is 0.350. The topological polar surface area (TPSA) is 48.2 Å². The van der Waals surface area contributed by atoms with Crippen LogP contribution in [-0.4, -0.2) is 22.8 Å². The summed E-state index contributed by atoms with van der Waals surface area (Å²) < 4.78 is 51.1. The van der Waals surface area contributed by atoms with Crippen molar-refractivity contribution in [2.75, 3.05) is 0 Å². The number of hydrogen-bond donors (Lipinski definition) is 3. The van der Waals surface area contributed by atoms with Crippen molar-refractivity contribution in [2.24, 2.45) is 4.99 Å². The van der Waals surface area contributed by atoms with Crippen molar-refractivity contribution in [1.29, 1.82) is 5.41 Å². The molecule has 0 radical (unpaired) electrons. The van der Waals surface area contributed by atoms with Crippen LogP contribution in [-0.2, 0) is 6.18 Å². The van der Waals surface area contributed by atoms with Gasteiger partial charge in [0.05, 0.1) is 11.3 Å². The van der Waals surface area contributed by atoms with Crippen molar-refractivity contribution in [1.82, 2.24) is 5.32 Å². The molecule has 0 bridgehead atoms. The average Bonchev–Trinajstić information content (AvgIpc) is 2.54. The smallest absolute Gasteiger partial charge is 0.365 e. The number of allylic oxidation sites excluding steroid dienone is 1. The number of rotatable bonds is 2. The van der Waals surface area contributed by atoms with Gasteiger partial charge in [0.15, 0.2) is 6.17 Å². The second-order valence-corrected chi connectivity index (χ2v) is 7.38. The molecular formula is C18H25F4N3S. The molecule has 1 aliphatic heterocycles.